The topological polar surface area (TPSA) is 3.24 Å². The average Bonchev–Trinajstić information content (AvgIpc) is 2.84. The van der Waals surface area contributed by atoms with Gasteiger partial charge in [0.05, 0.1) is 0 Å². The summed E-state index contributed by atoms with van der Waals surface area (Å²) >= 11 is 4.05. The van der Waals surface area contributed by atoms with Gasteiger partial charge in [-0.25, -0.2) is 0 Å². The van der Waals surface area contributed by atoms with Crippen LogP contribution in [0.25, 0.3) is 6.08 Å². The van der Waals surface area contributed by atoms with E-state index in [1.807, 2.05) is 0 Å². The van der Waals surface area contributed by atoms with Crippen molar-refractivity contribution in [1.29, 1.82) is 0 Å². The molecule has 0 N–H and O–H groups in total. The van der Waals surface area contributed by atoms with Crippen molar-refractivity contribution in [3.63, 3.8) is 0 Å². The van der Waals surface area contributed by atoms with Crippen molar-refractivity contribution in [1.82, 2.24) is 0 Å². The molecule has 1 nitrogen and oxygen atoms in total. The monoisotopic (exact) mass is 485 g/mol. The van der Waals surface area contributed by atoms with Crippen LogP contribution in [0.2, 0.25) is 0 Å². The van der Waals surface area contributed by atoms with Gasteiger partial charge in [0.25, 0.3) is 0 Å². The molecule has 1 unspecified atom stereocenters. The van der Waals surface area contributed by atoms with Gasteiger partial charge in [-0.2, -0.15) is 0 Å². The van der Waals surface area contributed by atoms with Crippen LogP contribution in [0.3, 0.4) is 0 Å². The number of halogens is 1. The molecule has 1 atom stereocenters. The Labute approximate surface area is 193 Å². The Kier molecular flexibility index (Phi) is 5.30. The molecule has 0 spiro atoms. The van der Waals surface area contributed by atoms with Gasteiger partial charge in [-0.05, 0) is 0 Å². The Morgan fingerprint density at radius 3 is 1.52 bits per heavy atom. The molecule has 154 valence electrons. The first-order chi connectivity index (χ1) is 15.2. The maximum atomic E-state index is 4.05. The first kappa shape index (κ1) is 20.2. The fraction of sp³-hybridized carbons (Fsp3) is 0.0714. The van der Waals surface area contributed by atoms with Crippen LogP contribution >= 0.6 is 23.4 Å². The van der Waals surface area contributed by atoms with Crippen LogP contribution in [-0.2, 0) is 0 Å². The van der Waals surface area contributed by atoms with E-state index in [1.54, 1.807) is 0 Å². The number of hydrogen-bond donors (Lipinski definition) is 0. The van der Waals surface area contributed by atoms with Gasteiger partial charge in [0.2, 0.25) is 0 Å². The molecular weight excluding hydrogens is 461 g/mol. The third-order valence-corrected chi connectivity index (χ3v) is 13.5. The Bertz CT molecular complexity index is 1110. The third-order valence-electron chi connectivity index (χ3n) is 6.52. The quantitative estimate of drug-likeness (QED) is 0.243. The van der Waals surface area contributed by atoms with Gasteiger partial charge >= 0.3 is 194 Å². The normalized spacial score (nSPS) is 18.5. The van der Waals surface area contributed by atoms with Crippen molar-refractivity contribution in [3.05, 3.63) is 127 Å². The predicted molar refractivity (Wildman–Crippen MR) is 142 cm³/mol. The van der Waals surface area contributed by atoms with E-state index < -0.39 is 7.26 Å². The molecular formula is C28H25BrNP. The molecule has 0 radical (unpaired) electrons. The minimum atomic E-state index is -2.59. The van der Waals surface area contributed by atoms with Gasteiger partial charge in [0.1, 0.15) is 0 Å². The summed E-state index contributed by atoms with van der Waals surface area (Å²) in [5.41, 5.74) is 2.43. The van der Waals surface area contributed by atoms with E-state index >= 15 is 0 Å². The van der Waals surface area contributed by atoms with E-state index in [9.17, 15) is 0 Å². The van der Waals surface area contributed by atoms with E-state index in [1.165, 1.54) is 27.2 Å². The van der Waals surface area contributed by atoms with Crippen molar-refractivity contribution in [2.24, 2.45) is 0 Å². The maximum absolute atomic E-state index is 4.05. The molecule has 0 bridgehead atoms. The summed E-state index contributed by atoms with van der Waals surface area (Å²) in [5.74, 6) is 0. The van der Waals surface area contributed by atoms with Crippen molar-refractivity contribution in [2.45, 2.75) is 12.2 Å². The predicted octanol–water partition coefficient (Wildman–Crippen LogP) is 6.27. The molecule has 1 aliphatic rings. The van der Waals surface area contributed by atoms with Gasteiger partial charge in [0, 0.05) is 0 Å². The van der Waals surface area contributed by atoms with Crippen LogP contribution in [-0.4, -0.2) is 5.28 Å². The Hall–Kier alpha value is -2.67. The summed E-state index contributed by atoms with van der Waals surface area (Å²) in [5, 5.41) is 3.89. The summed E-state index contributed by atoms with van der Waals surface area (Å²) in [6.45, 7) is 2.38. The molecule has 4 aromatic rings. The van der Waals surface area contributed by atoms with Gasteiger partial charge in [0.15, 0.2) is 0 Å². The second-order valence-corrected chi connectivity index (χ2v) is 13.1. The number of fused-ring (bicyclic) bond motifs is 1. The second-order valence-electron chi connectivity index (χ2n) is 8.17. The van der Waals surface area contributed by atoms with Crippen LogP contribution in [0.5, 0.6) is 0 Å². The van der Waals surface area contributed by atoms with Crippen molar-refractivity contribution in [3.8, 4) is 0 Å². The number of hydrogen-bond acceptors (Lipinski definition) is 1. The van der Waals surface area contributed by atoms with Gasteiger partial charge in [-0.3, -0.25) is 0 Å². The molecule has 1 aliphatic heterocycles. The first-order valence-corrected chi connectivity index (χ1v) is 13.3. The zero-order chi connectivity index (χ0) is 21.3. The summed E-state index contributed by atoms with van der Waals surface area (Å²) in [7, 11) is -2.59. The zero-order valence-corrected chi connectivity index (χ0v) is 20.0. The number of benzene rings is 4. The fourth-order valence-corrected chi connectivity index (χ4v) is 11.9. The Morgan fingerprint density at radius 2 is 1.03 bits per heavy atom. The van der Waals surface area contributed by atoms with E-state index in [2.05, 4.69) is 154 Å². The first-order valence-electron chi connectivity index (χ1n) is 10.6. The van der Waals surface area contributed by atoms with Crippen LogP contribution in [0.1, 0.15) is 12.5 Å². The molecule has 0 saturated carbocycles. The molecule has 0 saturated heterocycles. The summed E-state index contributed by atoms with van der Waals surface area (Å²) in [6.07, 6.45) is 4.70. The fourth-order valence-electron chi connectivity index (χ4n) is 5.09. The number of rotatable bonds is 4. The van der Waals surface area contributed by atoms with Crippen molar-refractivity contribution < 1.29 is 0 Å². The van der Waals surface area contributed by atoms with Crippen LogP contribution in [0.15, 0.2) is 121 Å². The van der Waals surface area contributed by atoms with Crippen LogP contribution < -0.4 is 19.8 Å². The SMILES string of the molecule is CC1([PH](c2ccccc2)(c2ccccc2)c2ccccc2)C=Cc2ccccc2N1Br. The average molecular weight is 486 g/mol. The van der Waals surface area contributed by atoms with Crippen molar-refractivity contribution >= 4 is 51.1 Å². The zero-order valence-electron chi connectivity index (χ0n) is 17.4. The molecule has 3 heteroatoms. The standard InChI is InChI=1S/C28H25BrNP/c1-28(22-21-23-13-11-12-20-27(23)30(28)29)31(24-14-5-2-6-15-24,25-16-7-3-8-17-25)26-18-9-4-10-19-26/h2-22,31H,1H3. The molecule has 4 aromatic carbocycles. The minimum absolute atomic E-state index is 0.286. The molecule has 0 fully saturated rings. The molecule has 0 amide bonds. The number of anilines is 1. The molecule has 0 aromatic heterocycles. The number of para-hydroxylation sites is 1. The summed E-state index contributed by atoms with van der Waals surface area (Å²) in [6, 6.07) is 41.8. The van der Waals surface area contributed by atoms with Crippen LogP contribution in [0, 0.1) is 0 Å². The third kappa shape index (κ3) is 3.09. The number of nitrogens with zero attached hydrogens (tertiary/aromatic N) is 1. The Balaban J connectivity index is 1.90. The van der Waals surface area contributed by atoms with Gasteiger partial charge in [-0.15, -0.1) is 0 Å². The second kappa shape index (κ2) is 8.11. The molecule has 0 aliphatic carbocycles. The van der Waals surface area contributed by atoms with Gasteiger partial charge in [-0.1, -0.05) is 0 Å². The van der Waals surface area contributed by atoms with E-state index in [4.69, 9.17) is 0 Å². The summed E-state index contributed by atoms with van der Waals surface area (Å²) in [4.78, 5) is 0. The van der Waals surface area contributed by atoms with E-state index in [-0.39, 0.29) is 5.28 Å². The van der Waals surface area contributed by atoms with E-state index in [0.717, 1.165) is 0 Å². The molecule has 1 heterocycles. The van der Waals surface area contributed by atoms with E-state index in [0.29, 0.717) is 0 Å². The molecule has 5 rings (SSSR count). The Morgan fingerprint density at radius 1 is 0.613 bits per heavy atom. The van der Waals surface area contributed by atoms with Crippen LogP contribution in [0.4, 0.5) is 5.69 Å². The van der Waals surface area contributed by atoms with Crippen molar-refractivity contribution in [2.75, 3.05) is 3.93 Å². The van der Waals surface area contributed by atoms with Gasteiger partial charge < -0.3 is 0 Å². The summed E-state index contributed by atoms with van der Waals surface area (Å²) < 4.78 is 2.33. The molecule has 31 heavy (non-hydrogen) atoms.